The van der Waals surface area contributed by atoms with Gasteiger partial charge in [0.05, 0.1) is 13.2 Å². The van der Waals surface area contributed by atoms with Gasteiger partial charge in [0.1, 0.15) is 6.61 Å². The van der Waals surface area contributed by atoms with Crippen molar-refractivity contribution < 1.29 is 24.2 Å². The van der Waals surface area contributed by atoms with Crippen molar-refractivity contribution in [3.8, 4) is 0 Å². The molecule has 0 aliphatic heterocycles. The largest absolute Gasteiger partial charge is 0.460 e. The number of ether oxygens (including phenoxy) is 2. The van der Waals surface area contributed by atoms with Crippen molar-refractivity contribution in [2.75, 3.05) is 26.4 Å². The minimum atomic E-state index is -0.561. The molecular weight excluding hydrogens is 226 g/mol. The number of rotatable bonds is 8. The Bertz CT molecular complexity index is 265. The monoisotopic (exact) mass is 245 g/mol. The third-order valence-electron chi connectivity index (χ3n) is 1.74. The summed E-state index contributed by atoms with van der Waals surface area (Å²) in [5, 5.41) is 10.9. The van der Waals surface area contributed by atoms with E-state index >= 15 is 0 Å². The normalized spacial score (nSPS) is 9.53. The predicted octanol–water partition coefficient (Wildman–Crippen LogP) is 0.604. The van der Waals surface area contributed by atoms with E-state index in [1.807, 2.05) is 0 Å². The van der Waals surface area contributed by atoms with E-state index in [1.165, 1.54) is 0 Å². The first-order valence-corrected chi connectivity index (χ1v) is 5.42. The van der Waals surface area contributed by atoms with E-state index in [0.717, 1.165) is 0 Å². The molecule has 0 aliphatic rings. The zero-order chi connectivity index (χ0) is 13.1. The minimum absolute atomic E-state index is 0.0808. The number of aliphatic hydroxyl groups is 1. The molecule has 0 unspecified atom stereocenters. The predicted molar refractivity (Wildman–Crippen MR) is 61.4 cm³/mol. The number of carbonyl (C=O) groups is 2. The summed E-state index contributed by atoms with van der Waals surface area (Å²) in [5.41, 5.74) is 0.316. The number of aliphatic hydroxyl groups excluding tert-OH is 1. The second-order valence-electron chi connectivity index (χ2n) is 3.41. The molecule has 0 aliphatic carbocycles. The van der Waals surface area contributed by atoms with Crippen LogP contribution in [0.4, 0.5) is 4.79 Å². The van der Waals surface area contributed by atoms with Crippen LogP contribution in [0, 0.1) is 0 Å². The van der Waals surface area contributed by atoms with Crippen LogP contribution < -0.4 is 5.32 Å². The van der Waals surface area contributed by atoms with E-state index in [4.69, 9.17) is 14.6 Å². The molecule has 0 atom stereocenters. The van der Waals surface area contributed by atoms with Gasteiger partial charge in [0.25, 0.3) is 0 Å². The Labute approximate surface area is 101 Å². The third-order valence-corrected chi connectivity index (χ3v) is 1.74. The van der Waals surface area contributed by atoms with Crippen LogP contribution in [-0.2, 0) is 14.3 Å². The molecule has 0 aromatic rings. The minimum Gasteiger partial charge on any atom is -0.460 e. The lowest BCUT2D eigenvalue weighted by Crippen LogP contribution is -2.29. The maximum Gasteiger partial charge on any atom is 0.407 e. The summed E-state index contributed by atoms with van der Waals surface area (Å²) in [6.45, 7) is 5.59. The van der Waals surface area contributed by atoms with Crippen LogP contribution >= 0.6 is 0 Å². The molecule has 0 bridgehead atoms. The van der Waals surface area contributed by atoms with Crippen LogP contribution in [0.2, 0.25) is 0 Å². The van der Waals surface area contributed by atoms with Crippen molar-refractivity contribution in [2.45, 2.75) is 19.8 Å². The highest BCUT2D eigenvalue weighted by atomic mass is 16.6. The number of alkyl carbamates (subject to hydrolysis) is 1. The molecule has 0 spiro atoms. The van der Waals surface area contributed by atoms with Crippen LogP contribution in [-0.4, -0.2) is 43.5 Å². The summed E-state index contributed by atoms with van der Waals surface area (Å²) >= 11 is 0. The molecule has 0 fully saturated rings. The molecule has 6 nitrogen and oxygen atoms in total. The molecule has 0 aromatic carbocycles. The highest BCUT2D eigenvalue weighted by Crippen LogP contribution is 1.91. The number of unbranched alkanes of at least 4 members (excludes halogenated alkanes) is 1. The van der Waals surface area contributed by atoms with Crippen molar-refractivity contribution in [1.29, 1.82) is 0 Å². The molecule has 0 saturated heterocycles. The topological polar surface area (TPSA) is 84.9 Å². The number of nitrogens with one attached hydrogen (secondary N) is 1. The number of amides is 1. The molecule has 1 amide bonds. The first-order valence-electron chi connectivity index (χ1n) is 5.42. The van der Waals surface area contributed by atoms with Gasteiger partial charge in [0.2, 0.25) is 0 Å². The van der Waals surface area contributed by atoms with Crippen LogP contribution in [0.1, 0.15) is 19.8 Å². The Kier molecular flexibility index (Phi) is 8.77. The van der Waals surface area contributed by atoms with Gasteiger partial charge in [-0.25, -0.2) is 9.59 Å². The van der Waals surface area contributed by atoms with Crippen LogP contribution in [0.25, 0.3) is 0 Å². The van der Waals surface area contributed by atoms with E-state index in [1.54, 1.807) is 6.92 Å². The summed E-state index contributed by atoms with van der Waals surface area (Å²) in [4.78, 5) is 22.0. The molecule has 0 rings (SSSR count). The maximum atomic E-state index is 11.0. The van der Waals surface area contributed by atoms with E-state index in [-0.39, 0.29) is 26.4 Å². The lowest BCUT2D eigenvalue weighted by atomic mass is 10.3. The SMILES string of the molecule is C=C(C)C(=O)OCCNC(=O)OCCCCO. The molecule has 0 heterocycles. The van der Waals surface area contributed by atoms with Crippen molar-refractivity contribution in [3.63, 3.8) is 0 Å². The Morgan fingerprint density at radius 1 is 1.24 bits per heavy atom. The van der Waals surface area contributed by atoms with Gasteiger partial charge in [-0.2, -0.15) is 0 Å². The summed E-state index contributed by atoms with van der Waals surface area (Å²) in [6, 6.07) is 0. The van der Waals surface area contributed by atoms with Crippen molar-refractivity contribution in [1.82, 2.24) is 5.32 Å². The van der Waals surface area contributed by atoms with Crippen molar-refractivity contribution in [2.24, 2.45) is 0 Å². The van der Waals surface area contributed by atoms with E-state index in [0.29, 0.717) is 18.4 Å². The van der Waals surface area contributed by atoms with Crippen molar-refractivity contribution >= 4 is 12.1 Å². The summed E-state index contributed by atoms with van der Waals surface area (Å²) in [5.74, 6) is -0.483. The number of hydrogen-bond acceptors (Lipinski definition) is 5. The number of esters is 1. The van der Waals surface area contributed by atoms with E-state index < -0.39 is 12.1 Å². The molecular formula is C11H19NO5. The summed E-state index contributed by atoms with van der Waals surface area (Å²) < 4.78 is 9.53. The molecule has 2 N–H and O–H groups in total. The van der Waals surface area contributed by atoms with Gasteiger partial charge >= 0.3 is 12.1 Å². The number of hydrogen-bond donors (Lipinski definition) is 2. The standard InChI is InChI=1S/C11H19NO5/c1-9(2)10(14)16-8-5-12-11(15)17-7-4-3-6-13/h13H,1,3-8H2,2H3,(H,12,15). The Morgan fingerprint density at radius 3 is 2.53 bits per heavy atom. The molecule has 17 heavy (non-hydrogen) atoms. The van der Waals surface area contributed by atoms with Gasteiger partial charge in [-0.1, -0.05) is 6.58 Å². The Hall–Kier alpha value is -1.56. The molecule has 0 radical (unpaired) electrons. The lowest BCUT2D eigenvalue weighted by molar-refractivity contribution is -0.138. The summed E-state index contributed by atoms with van der Waals surface area (Å²) in [7, 11) is 0. The average Bonchev–Trinajstić information content (AvgIpc) is 2.29. The zero-order valence-corrected chi connectivity index (χ0v) is 10.0. The fraction of sp³-hybridized carbons (Fsp3) is 0.636. The van der Waals surface area contributed by atoms with Gasteiger partial charge in [0.15, 0.2) is 0 Å². The first-order chi connectivity index (χ1) is 8.07. The van der Waals surface area contributed by atoms with Crippen LogP contribution in [0.3, 0.4) is 0 Å². The Morgan fingerprint density at radius 2 is 1.94 bits per heavy atom. The van der Waals surface area contributed by atoms with Crippen LogP contribution in [0.5, 0.6) is 0 Å². The third kappa shape index (κ3) is 9.37. The number of carbonyl (C=O) groups excluding carboxylic acids is 2. The molecule has 0 aromatic heterocycles. The van der Waals surface area contributed by atoms with Gasteiger partial charge in [-0.15, -0.1) is 0 Å². The van der Waals surface area contributed by atoms with E-state index in [9.17, 15) is 9.59 Å². The highest BCUT2D eigenvalue weighted by molar-refractivity contribution is 5.86. The first kappa shape index (κ1) is 15.4. The maximum absolute atomic E-state index is 11.0. The molecule has 6 heteroatoms. The lowest BCUT2D eigenvalue weighted by Gasteiger charge is -2.07. The van der Waals surface area contributed by atoms with Gasteiger partial charge in [-0.3, -0.25) is 0 Å². The second kappa shape index (κ2) is 9.65. The van der Waals surface area contributed by atoms with Crippen LogP contribution in [0.15, 0.2) is 12.2 Å². The zero-order valence-electron chi connectivity index (χ0n) is 10.0. The smallest absolute Gasteiger partial charge is 0.407 e. The average molecular weight is 245 g/mol. The summed E-state index contributed by atoms with van der Waals surface area (Å²) in [6.07, 6.45) is 0.659. The quantitative estimate of drug-likeness (QED) is 0.372. The van der Waals surface area contributed by atoms with Gasteiger partial charge in [0, 0.05) is 12.2 Å². The Balaban J connectivity index is 3.39. The molecule has 0 saturated carbocycles. The van der Waals surface area contributed by atoms with E-state index in [2.05, 4.69) is 11.9 Å². The second-order valence-corrected chi connectivity index (χ2v) is 3.41. The highest BCUT2D eigenvalue weighted by Gasteiger charge is 2.04. The van der Waals surface area contributed by atoms with Crippen molar-refractivity contribution in [3.05, 3.63) is 12.2 Å². The molecule has 98 valence electrons. The van der Waals surface area contributed by atoms with Gasteiger partial charge in [-0.05, 0) is 19.8 Å². The fourth-order valence-electron chi connectivity index (χ4n) is 0.850. The fourth-order valence-corrected chi connectivity index (χ4v) is 0.850. The van der Waals surface area contributed by atoms with Gasteiger partial charge < -0.3 is 19.9 Å².